The van der Waals surface area contributed by atoms with Gasteiger partial charge in [0.25, 0.3) is 5.82 Å². The number of aryl methyl sites for hydroxylation is 3. The third-order valence-corrected chi connectivity index (χ3v) is 5.00. The molecule has 0 bridgehead atoms. The largest absolute Gasteiger partial charge is 0.260 e. The van der Waals surface area contributed by atoms with Crippen molar-refractivity contribution in [1.82, 2.24) is 4.57 Å². The summed E-state index contributed by atoms with van der Waals surface area (Å²) in [5, 5.41) is 0. The minimum atomic E-state index is 1.01. The Morgan fingerprint density at radius 3 is 2.19 bits per heavy atom. The molecule has 0 fully saturated rings. The Bertz CT molecular complexity index is 759. The van der Waals surface area contributed by atoms with Crippen LogP contribution in [0.3, 0.4) is 0 Å². The number of benzene rings is 2. The first-order chi connectivity index (χ1) is 12.9. The zero-order chi connectivity index (χ0) is 18.0. The van der Waals surface area contributed by atoms with Gasteiger partial charge < -0.3 is 0 Å². The van der Waals surface area contributed by atoms with Gasteiger partial charge in [0, 0.05) is 0 Å². The molecule has 0 atom stereocenters. The lowest BCUT2D eigenvalue weighted by Crippen LogP contribution is -2.37. The Hall–Kier alpha value is -2.35. The van der Waals surface area contributed by atoms with Crippen LogP contribution in [-0.4, -0.2) is 4.57 Å². The highest BCUT2D eigenvalue weighted by Crippen LogP contribution is 2.10. The molecule has 0 N–H and O–H groups in total. The van der Waals surface area contributed by atoms with Gasteiger partial charge in [-0.05, 0) is 36.8 Å². The van der Waals surface area contributed by atoms with E-state index >= 15 is 0 Å². The van der Waals surface area contributed by atoms with Crippen LogP contribution in [-0.2, 0) is 25.9 Å². The number of nitrogens with zero attached hydrogens (tertiary/aromatic N) is 2. The third-order valence-electron chi connectivity index (χ3n) is 5.00. The first-order valence-electron chi connectivity index (χ1n) is 10.0. The summed E-state index contributed by atoms with van der Waals surface area (Å²) in [5.74, 6) is 1.43. The van der Waals surface area contributed by atoms with Gasteiger partial charge in [0.2, 0.25) is 0 Å². The van der Waals surface area contributed by atoms with Crippen molar-refractivity contribution in [1.29, 1.82) is 0 Å². The predicted molar refractivity (Wildman–Crippen MR) is 108 cm³/mol. The number of aromatic nitrogens is 2. The van der Waals surface area contributed by atoms with Crippen molar-refractivity contribution in [3.8, 4) is 0 Å². The van der Waals surface area contributed by atoms with Crippen LogP contribution in [0.2, 0.25) is 0 Å². The van der Waals surface area contributed by atoms with Gasteiger partial charge in [-0.3, -0.25) is 0 Å². The van der Waals surface area contributed by atoms with Gasteiger partial charge in [0.15, 0.2) is 0 Å². The van der Waals surface area contributed by atoms with Gasteiger partial charge in [-0.25, -0.2) is 9.13 Å². The first-order valence-corrected chi connectivity index (χ1v) is 10.0. The van der Waals surface area contributed by atoms with Crippen molar-refractivity contribution in [3.05, 3.63) is 90.0 Å². The maximum absolute atomic E-state index is 2.46. The number of hydrogen-bond donors (Lipinski definition) is 0. The van der Waals surface area contributed by atoms with E-state index in [4.69, 9.17) is 0 Å². The molecular weight excluding hydrogens is 316 g/mol. The fraction of sp³-hybridized carbons (Fsp3) is 0.375. The molecule has 2 nitrogen and oxygen atoms in total. The summed E-state index contributed by atoms with van der Waals surface area (Å²) in [6.07, 6.45) is 11.7. The van der Waals surface area contributed by atoms with E-state index in [2.05, 4.69) is 89.1 Å². The molecule has 0 aliphatic carbocycles. The monoisotopic (exact) mass is 347 g/mol. The van der Waals surface area contributed by atoms with Gasteiger partial charge in [0.1, 0.15) is 12.4 Å². The summed E-state index contributed by atoms with van der Waals surface area (Å²) in [4.78, 5) is 0. The molecule has 136 valence electrons. The van der Waals surface area contributed by atoms with Crippen LogP contribution in [0.15, 0.2) is 73.1 Å². The molecule has 26 heavy (non-hydrogen) atoms. The molecule has 0 aliphatic heterocycles. The molecule has 1 heterocycles. The minimum absolute atomic E-state index is 1.01. The smallest absolute Gasteiger partial charge is 0.234 e. The summed E-state index contributed by atoms with van der Waals surface area (Å²) >= 11 is 0. The average Bonchev–Trinajstić information content (AvgIpc) is 3.05. The molecule has 0 aliphatic rings. The van der Waals surface area contributed by atoms with Crippen molar-refractivity contribution >= 4 is 0 Å². The predicted octanol–water partition coefficient (Wildman–Crippen LogP) is 5.19. The van der Waals surface area contributed by atoms with Crippen molar-refractivity contribution in [2.45, 2.75) is 58.5 Å². The summed E-state index contributed by atoms with van der Waals surface area (Å²) in [6.45, 7) is 4.48. The standard InChI is InChI=1S/C24H31N2/c1-2-3-10-17-25-19-20-26(18-11-16-22-12-6-4-7-13-22)24(25)21-23-14-8-5-9-15-23/h4-9,12-15,19-20H,2-3,10-11,16-18,21H2,1H3/q+1. The lowest BCUT2D eigenvalue weighted by Gasteiger charge is -2.06. The Morgan fingerprint density at radius 1 is 0.808 bits per heavy atom. The highest BCUT2D eigenvalue weighted by molar-refractivity contribution is 5.18. The van der Waals surface area contributed by atoms with Gasteiger partial charge >= 0.3 is 0 Å². The quantitative estimate of drug-likeness (QED) is 0.352. The van der Waals surface area contributed by atoms with E-state index in [1.54, 1.807) is 0 Å². The van der Waals surface area contributed by atoms with Gasteiger partial charge in [-0.2, -0.15) is 0 Å². The highest BCUT2D eigenvalue weighted by atomic mass is 15.1. The van der Waals surface area contributed by atoms with Crippen molar-refractivity contribution < 1.29 is 4.57 Å². The normalized spacial score (nSPS) is 11.0. The van der Waals surface area contributed by atoms with E-state index in [0.29, 0.717) is 0 Å². The van der Waals surface area contributed by atoms with E-state index in [0.717, 1.165) is 25.9 Å². The maximum atomic E-state index is 2.46. The van der Waals surface area contributed by atoms with Gasteiger partial charge in [-0.15, -0.1) is 0 Å². The summed E-state index contributed by atoms with van der Waals surface area (Å²) in [6, 6.07) is 21.6. The Balaban J connectivity index is 1.68. The Morgan fingerprint density at radius 2 is 1.50 bits per heavy atom. The SMILES string of the molecule is CCCCCn1cc[n+](CCCc2ccccc2)c1Cc1ccccc1. The summed E-state index contributed by atoms with van der Waals surface area (Å²) in [5.41, 5.74) is 2.82. The molecule has 1 aromatic heterocycles. The molecule has 0 amide bonds. The van der Waals surface area contributed by atoms with E-state index in [1.807, 2.05) is 0 Å². The molecule has 0 saturated carbocycles. The second-order valence-corrected chi connectivity index (χ2v) is 7.06. The lowest BCUT2D eigenvalue weighted by molar-refractivity contribution is -0.703. The molecule has 0 spiro atoms. The van der Waals surface area contributed by atoms with Crippen molar-refractivity contribution in [3.63, 3.8) is 0 Å². The fourth-order valence-electron chi connectivity index (χ4n) is 3.52. The zero-order valence-corrected chi connectivity index (χ0v) is 16.0. The van der Waals surface area contributed by atoms with Gasteiger partial charge in [0.05, 0.1) is 19.5 Å². The Kier molecular flexibility index (Phi) is 7.06. The number of rotatable bonds is 10. The van der Waals surface area contributed by atoms with E-state index < -0.39 is 0 Å². The molecule has 3 rings (SSSR count). The molecule has 0 saturated heterocycles. The van der Waals surface area contributed by atoms with Crippen LogP contribution in [0.1, 0.15) is 49.6 Å². The lowest BCUT2D eigenvalue weighted by atomic mass is 10.1. The van der Waals surface area contributed by atoms with E-state index in [-0.39, 0.29) is 0 Å². The second kappa shape index (κ2) is 9.96. The average molecular weight is 348 g/mol. The molecule has 2 aromatic carbocycles. The number of hydrogen-bond acceptors (Lipinski definition) is 0. The van der Waals surface area contributed by atoms with Crippen molar-refractivity contribution in [2.24, 2.45) is 0 Å². The molecular formula is C24H31N2+. The topological polar surface area (TPSA) is 8.81 Å². The van der Waals surface area contributed by atoms with E-state index in [1.165, 1.54) is 42.6 Å². The first kappa shape index (κ1) is 18.4. The second-order valence-electron chi connectivity index (χ2n) is 7.06. The summed E-state index contributed by atoms with van der Waals surface area (Å²) < 4.78 is 4.92. The minimum Gasteiger partial charge on any atom is -0.234 e. The third kappa shape index (κ3) is 5.32. The van der Waals surface area contributed by atoms with Crippen LogP contribution in [0.5, 0.6) is 0 Å². The van der Waals surface area contributed by atoms with Crippen molar-refractivity contribution in [2.75, 3.05) is 0 Å². The molecule has 3 aromatic rings. The van der Waals surface area contributed by atoms with Crippen LogP contribution in [0.25, 0.3) is 0 Å². The van der Waals surface area contributed by atoms with Gasteiger partial charge in [-0.1, -0.05) is 74.0 Å². The highest BCUT2D eigenvalue weighted by Gasteiger charge is 2.17. The van der Waals surface area contributed by atoms with Crippen LogP contribution < -0.4 is 4.57 Å². The van der Waals surface area contributed by atoms with Crippen LogP contribution in [0.4, 0.5) is 0 Å². The maximum Gasteiger partial charge on any atom is 0.260 e. The number of unbranched alkanes of at least 4 members (excludes halogenated alkanes) is 2. The molecule has 0 unspecified atom stereocenters. The summed E-state index contributed by atoms with van der Waals surface area (Å²) in [7, 11) is 0. The number of imidazole rings is 1. The Labute approximate surface area is 158 Å². The van der Waals surface area contributed by atoms with E-state index in [9.17, 15) is 0 Å². The van der Waals surface area contributed by atoms with Crippen LogP contribution >= 0.6 is 0 Å². The molecule has 2 heteroatoms. The van der Waals surface area contributed by atoms with Crippen LogP contribution in [0, 0.1) is 0 Å². The fourth-order valence-corrected chi connectivity index (χ4v) is 3.52. The molecule has 0 radical (unpaired) electrons. The zero-order valence-electron chi connectivity index (χ0n) is 16.0.